The van der Waals surface area contributed by atoms with Crippen molar-refractivity contribution in [2.75, 3.05) is 5.32 Å². The van der Waals surface area contributed by atoms with Crippen molar-refractivity contribution >= 4 is 27.3 Å². The summed E-state index contributed by atoms with van der Waals surface area (Å²) >= 11 is 1.14. The quantitative estimate of drug-likeness (QED) is 0.448. The number of hydrogen-bond donors (Lipinski definition) is 1. The highest BCUT2D eigenvalue weighted by atomic mass is 32.2. The summed E-state index contributed by atoms with van der Waals surface area (Å²) in [6.45, 7) is 3.88. The Morgan fingerprint density at radius 2 is 1.68 bits per heavy atom. The Morgan fingerprint density at radius 3 is 2.29 bits per heavy atom. The summed E-state index contributed by atoms with van der Waals surface area (Å²) in [5.41, 5.74) is 3.36. The van der Waals surface area contributed by atoms with Crippen molar-refractivity contribution in [1.82, 2.24) is 0 Å². The number of nitrogens with one attached hydrogen (secondary N) is 1. The lowest BCUT2D eigenvalue weighted by Gasteiger charge is -2.15. The zero-order chi connectivity index (χ0) is 22.4. The molecule has 0 aliphatic heterocycles. The Labute approximate surface area is 186 Å². The number of sulfone groups is 1. The fourth-order valence-electron chi connectivity index (χ4n) is 3.07. The van der Waals surface area contributed by atoms with E-state index in [1.807, 2.05) is 38.1 Å². The number of nitriles is 1. The van der Waals surface area contributed by atoms with Gasteiger partial charge in [0.1, 0.15) is 16.9 Å². The second-order valence-electron chi connectivity index (χ2n) is 7.01. The second kappa shape index (κ2) is 9.82. The Kier molecular flexibility index (Phi) is 7.16. The van der Waals surface area contributed by atoms with Crippen LogP contribution in [0.25, 0.3) is 0 Å². The van der Waals surface area contributed by atoms with E-state index in [9.17, 15) is 18.1 Å². The summed E-state index contributed by atoms with van der Waals surface area (Å²) in [6.07, 6.45) is 0. The number of allylic oxidation sites excluding steroid dienone is 1. The molecule has 0 amide bonds. The first-order valence-corrected chi connectivity index (χ1v) is 11.9. The number of halogens is 1. The number of rotatable bonds is 7. The van der Waals surface area contributed by atoms with Gasteiger partial charge in [-0.1, -0.05) is 36.4 Å². The largest absolute Gasteiger partial charge is 0.349 e. The fourth-order valence-corrected chi connectivity index (χ4v) is 5.60. The van der Waals surface area contributed by atoms with Crippen molar-refractivity contribution in [3.05, 3.63) is 105 Å². The van der Waals surface area contributed by atoms with Gasteiger partial charge in [0.05, 0.1) is 4.90 Å². The molecule has 3 aromatic rings. The molecule has 7 heteroatoms. The fraction of sp³-hybridized carbons (Fsp3) is 0.125. The molecule has 0 fully saturated rings. The van der Waals surface area contributed by atoms with E-state index in [1.54, 1.807) is 30.3 Å². The summed E-state index contributed by atoms with van der Waals surface area (Å²) in [7, 11) is -4.04. The van der Waals surface area contributed by atoms with Gasteiger partial charge in [-0.2, -0.15) is 5.26 Å². The molecule has 0 aliphatic rings. The Hall–Kier alpha value is -3.08. The third-order valence-electron chi connectivity index (χ3n) is 4.38. The summed E-state index contributed by atoms with van der Waals surface area (Å²) in [4.78, 5) is -0.336. The van der Waals surface area contributed by atoms with Crippen molar-refractivity contribution in [1.29, 1.82) is 5.26 Å². The molecule has 0 unspecified atom stereocenters. The third kappa shape index (κ3) is 5.75. The minimum Gasteiger partial charge on any atom is -0.349 e. The number of benzene rings is 3. The Bertz CT molecular complexity index is 1240. The molecule has 158 valence electrons. The Balaban J connectivity index is 2.06. The lowest BCUT2D eigenvalue weighted by Crippen LogP contribution is -2.10. The minimum atomic E-state index is -4.04. The monoisotopic (exact) mass is 452 g/mol. The zero-order valence-corrected chi connectivity index (χ0v) is 18.7. The normalized spacial score (nSPS) is 12.1. The maximum Gasteiger partial charge on any atom is 0.219 e. The molecule has 3 rings (SSSR count). The van der Waals surface area contributed by atoms with Crippen LogP contribution >= 0.6 is 11.8 Å². The first-order valence-electron chi connectivity index (χ1n) is 9.46. The van der Waals surface area contributed by atoms with E-state index in [0.29, 0.717) is 17.0 Å². The first-order chi connectivity index (χ1) is 14.8. The van der Waals surface area contributed by atoms with Crippen molar-refractivity contribution < 1.29 is 12.8 Å². The van der Waals surface area contributed by atoms with Crippen LogP contribution in [-0.2, 0) is 15.6 Å². The van der Waals surface area contributed by atoms with Crippen molar-refractivity contribution in [2.45, 2.75) is 24.5 Å². The molecule has 0 saturated heterocycles. The van der Waals surface area contributed by atoms with Crippen LogP contribution in [0.5, 0.6) is 0 Å². The standard InChI is InChI=1S/C24H21FN2O2S2/c1-17-11-18(2)13-21(12-17)27-24(30-16-19-7-6-8-20(25)14-19)23(15-26)31(28,29)22-9-4-3-5-10-22/h3-14,27H,16H2,1-2H3/b24-23+. The lowest BCUT2D eigenvalue weighted by molar-refractivity contribution is 0.603. The predicted molar refractivity (Wildman–Crippen MR) is 124 cm³/mol. The van der Waals surface area contributed by atoms with E-state index >= 15 is 0 Å². The number of hydrogen-bond acceptors (Lipinski definition) is 5. The number of anilines is 1. The van der Waals surface area contributed by atoms with E-state index in [-0.39, 0.29) is 20.6 Å². The number of thioether (sulfide) groups is 1. The average molecular weight is 453 g/mol. The predicted octanol–water partition coefficient (Wildman–Crippen LogP) is 5.95. The van der Waals surface area contributed by atoms with Crippen LogP contribution in [0.2, 0.25) is 0 Å². The van der Waals surface area contributed by atoms with E-state index in [1.165, 1.54) is 24.3 Å². The van der Waals surface area contributed by atoms with Gasteiger partial charge in [0.25, 0.3) is 0 Å². The van der Waals surface area contributed by atoms with Gasteiger partial charge in [-0.15, -0.1) is 11.8 Å². The number of nitrogens with zero attached hydrogens (tertiary/aromatic N) is 1. The molecule has 0 saturated carbocycles. The van der Waals surface area contributed by atoms with Crippen LogP contribution in [0, 0.1) is 31.0 Å². The molecule has 0 aromatic heterocycles. The first kappa shape index (κ1) is 22.6. The molecule has 0 radical (unpaired) electrons. The molecule has 0 spiro atoms. The molecule has 4 nitrogen and oxygen atoms in total. The van der Waals surface area contributed by atoms with Crippen LogP contribution in [0.1, 0.15) is 16.7 Å². The smallest absolute Gasteiger partial charge is 0.219 e. The van der Waals surface area contributed by atoms with Crippen LogP contribution in [0.3, 0.4) is 0 Å². The summed E-state index contributed by atoms with van der Waals surface area (Å²) in [5, 5.41) is 13.1. The van der Waals surface area contributed by atoms with Crippen LogP contribution in [0.4, 0.5) is 10.1 Å². The molecular weight excluding hydrogens is 431 g/mol. The SMILES string of the molecule is Cc1cc(C)cc(N/C(SCc2cccc(F)c2)=C(/C#N)S(=O)(=O)c2ccccc2)c1. The molecule has 3 aromatic carbocycles. The number of aryl methyl sites for hydroxylation is 2. The van der Waals surface area contributed by atoms with Crippen LogP contribution < -0.4 is 5.32 Å². The molecule has 0 heterocycles. The molecule has 1 N–H and O–H groups in total. The van der Waals surface area contributed by atoms with Gasteiger partial charge in [0.15, 0.2) is 4.91 Å². The molecular formula is C24H21FN2O2S2. The van der Waals surface area contributed by atoms with Crippen molar-refractivity contribution in [3.8, 4) is 6.07 Å². The van der Waals surface area contributed by atoms with Gasteiger partial charge in [0.2, 0.25) is 9.84 Å². The summed E-state index contributed by atoms with van der Waals surface area (Å²) in [6, 6.07) is 21.5. The van der Waals surface area contributed by atoms with Crippen molar-refractivity contribution in [3.63, 3.8) is 0 Å². The van der Waals surface area contributed by atoms with Crippen LogP contribution in [-0.4, -0.2) is 8.42 Å². The van der Waals surface area contributed by atoms with Gasteiger partial charge < -0.3 is 5.32 Å². The topological polar surface area (TPSA) is 70.0 Å². The maximum atomic E-state index is 13.6. The van der Waals surface area contributed by atoms with Gasteiger partial charge in [-0.05, 0) is 66.9 Å². The second-order valence-corrected chi connectivity index (χ2v) is 9.88. The molecule has 0 bridgehead atoms. The molecule has 0 atom stereocenters. The van der Waals surface area contributed by atoms with Gasteiger partial charge in [-0.25, -0.2) is 12.8 Å². The maximum absolute atomic E-state index is 13.6. The minimum absolute atomic E-state index is 0.0395. The Morgan fingerprint density at radius 1 is 1.00 bits per heavy atom. The van der Waals surface area contributed by atoms with E-state index in [4.69, 9.17) is 0 Å². The third-order valence-corrected chi connectivity index (χ3v) is 7.31. The molecule has 0 aliphatic carbocycles. The van der Waals surface area contributed by atoms with Crippen LogP contribution in [0.15, 0.2) is 87.6 Å². The van der Waals surface area contributed by atoms with E-state index in [0.717, 1.165) is 22.9 Å². The van der Waals surface area contributed by atoms with E-state index in [2.05, 4.69) is 5.32 Å². The molecule has 31 heavy (non-hydrogen) atoms. The van der Waals surface area contributed by atoms with Crippen molar-refractivity contribution in [2.24, 2.45) is 0 Å². The highest BCUT2D eigenvalue weighted by Gasteiger charge is 2.25. The van der Waals surface area contributed by atoms with Gasteiger partial charge >= 0.3 is 0 Å². The summed E-state index contributed by atoms with van der Waals surface area (Å²) in [5.74, 6) is -0.0799. The zero-order valence-electron chi connectivity index (χ0n) is 17.1. The van der Waals surface area contributed by atoms with Gasteiger partial charge in [0, 0.05) is 11.4 Å². The van der Waals surface area contributed by atoms with E-state index < -0.39 is 9.84 Å². The lowest BCUT2D eigenvalue weighted by atomic mass is 10.1. The highest BCUT2D eigenvalue weighted by molar-refractivity contribution is 8.04. The average Bonchev–Trinajstić information content (AvgIpc) is 2.72. The van der Waals surface area contributed by atoms with Gasteiger partial charge in [-0.3, -0.25) is 0 Å². The summed E-state index contributed by atoms with van der Waals surface area (Å²) < 4.78 is 40.0. The highest BCUT2D eigenvalue weighted by Crippen LogP contribution is 2.32.